The summed E-state index contributed by atoms with van der Waals surface area (Å²) in [4.78, 5) is 13.6. The van der Waals surface area contributed by atoms with Crippen LogP contribution in [0.3, 0.4) is 0 Å². The lowest BCUT2D eigenvalue weighted by Gasteiger charge is -2.32. The van der Waals surface area contributed by atoms with Crippen LogP contribution in [0.15, 0.2) is 12.1 Å². The Balaban J connectivity index is 1.94. The molecule has 0 spiro atoms. The molecule has 1 saturated heterocycles. The molecular weight excluding hydrogens is 269 g/mol. The third-order valence-corrected chi connectivity index (χ3v) is 4.94. The minimum atomic E-state index is -0.606. The SMILES string of the molecule is NC(=O)c1cc(N2CCCC2C2CCCC2)c(F)cc1N. The topological polar surface area (TPSA) is 72.4 Å². The van der Waals surface area contributed by atoms with Crippen molar-refractivity contribution in [2.24, 2.45) is 11.7 Å². The van der Waals surface area contributed by atoms with Crippen LogP contribution in [-0.2, 0) is 0 Å². The zero-order chi connectivity index (χ0) is 15.0. The number of anilines is 2. The van der Waals surface area contributed by atoms with E-state index < -0.39 is 5.91 Å². The second-order valence-corrected chi connectivity index (χ2v) is 6.20. The van der Waals surface area contributed by atoms with Crippen molar-refractivity contribution in [1.29, 1.82) is 0 Å². The average molecular weight is 291 g/mol. The van der Waals surface area contributed by atoms with E-state index in [9.17, 15) is 9.18 Å². The number of primary amides is 1. The Kier molecular flexibility index (Phi) is 3.74. The maximum atomic E-state index is 14.3. The second-order valence-electron chi connectivity index (χ2n) is 6.20. The summed E-state index contributed by atoms with van der Waals surface area (Å²) < 4.78 is 14.3. The van der Waals surface area contributed by atoms with Gasteiger partial charge in [0.25, 0.3) is 5.91 Å². The molecule has 1 atom stereocenters. The summed E-state index contributed by atoms with van der Waals surface area (Å²) in [5.74, 6) is -0.325. The number of carbonyl (C=O) groups excluding carboxylic acids is 1. The van der Waals surface area contributed by atoms with Crippen molar-refractivity contribution in [3.8, 4) is 0 Å². The molecule has 1 amide bonds. The smallest absolute Gasteiger partial charge is 0.250 e. The highest BCUT2D eigenvalue weighted by atomic mass is 19.1. The van der Waals surface area contributed by atoms with Gasteiger partial charge < -0.3 is 16.4 Å². The first-order chi connectivity index (χ1) is 10.1. The first-order valence-corrected chi connectivity index (χ1v) is 7.73. The molecule has 0 bridgehead atoms. The maximum absolute atomic E-state index is 14.3. The molecule has 4 N–H and O–H groups in total. The molecule has 1 aliphatic carbocycles. The van der Waals surface area contributed by atoms with Crippen LogP contribution in [0, 0.1) is 11.7 Å². The molecule has 3 rings (SSSR count). The van der Waals surface area contributed by atoms with Crippen molar-refractivity contribution >= 4 is 17.3 Å². The number of amides is 1. The van der Waals surface area contributed by atoms with E-state index >= 15 is 0 Å². The van der Waals surface area contributed by atoms with Crippen LogP contribution in [-0.4, -0.2) is 18.5 Å². The summed E-state index contributed by atoms with van der Waals surface area (Å²) in [6.07, 6.45) is 7.15. The van der Waals surface area contributed by atoms with E-state index in [1.165, 1.54) is 37.8 Å². The third-order valence-electron chi connectivity index (χ3n) is 4.94. The molecule has 1 unspecified atom stereocenters. The maximum Gasteiger partial charge on any atom is 0.250 e. The van der Waals surface area contributed by atoms with Crippen LogP contribution in [0.5, 0.6) is 0 Å². The Morgan fingerprint density at radius 1 is 1.19 bits per heavy atom. The first-order valence-electron chi connectivity index (χ1n) is 7.73. The molecule has 5 heteroatoms. The Labute approximate surface area is 124 Å². The summed E-state index contributed by atoms with van der Waals surface area (Å²) in [5.41, 5.74) is 11.8. The Morgan fingerprint density at radius 2 is 1.90 bits per heavy atom. The zero-order valence-electron chi connectivity index (χ0n) is 12.1. The predicted octanol–water partition coefficient (Wildman–Crippen LogP) is 2.67. The predicted molar refractivity (Wildman–Crippen MR) is 81.7 cm³/mol. The molecule has 1 aliphatic heterocycles. The van der Waals surface area contributed by atoms with E-state index in [4.69, 9.17) is 11.5 Å². The molecule has 1 heterocycles. The van der Waals surface area contributed by atoms with E-state index in [2.05, 4.69) is 4.90 Å². The number of hydrogen-bond donors (Lipinski definition) is 2. The molecule has 0 aromatic heterocycles. The van der Waals surface area contributed by atoms with Gasteiger partial charge in [-0.15, -0.1) is 0 Å². The highest BCUT2D eigenvalue weighted by Gasteiger charge is 2.34. The Hall–Kier alpha value is -1.78. The van der Waals surface area contributed by atoms with Crippen molar-refractivity contribution in [3.05, 3.63) is 23.5 Å². The summed E-state index contributed by atoms with van der Waals surface area (Å²) in [7, 11) is 0. The van der Waals surface area contributed by atoms with Gasteiger partial charge in [-0.2, -0.15) is 0 Å². The van der Waals surface area contributed by atoms with Gasteiger partial charge in [0.2, 0.25) is 0 Å². The van der Waals surface area contributed by atoms with Gasteiger partial charge >= 0.3 is 0 Å². The van der Waals surface area contributed by atoms with Crippen LogP contribution in [0.4, 0.5) is 15.8 Å². The molecule has 1 aromatic carbocycles. The van der Waals surface area contributed by atoms with Gasteiger partial charge in [0.05, 0.1) is 11.3 Å². The third kappa shape index (κ3) is 2.57. The van der Waals surface area contributed by atoms with Crippen LogP contribution in [0.2, 0.25) is 0 Å². The molecule has 2 fully saturated rings. The van der Waals surface area contributed by atoms with Crippen LogP contribution in [0.25, 0.3) is 0 Å². The minimum Gasteiger partial charge on any atom is -0.398 e. The lowest BCUT2D eigenvalue weighted by Crippen LogP contribution is -2.35. The molecule has 1 saturated carbocycles. The van der Waals surface area contributed by atoms with Crippen LogP contribution >= 0.6 is 0 Å². The fourth-order valence-electron chi connectivity index (χ4n) is 3.93. The quantitative estimate of drug-likeness (QED) is 0.841. The lowest BCUT2D eigenvalue weighted by atomic mass is 9.95. The molecular formula is C16H22FN3O. The van der Waals surface area contributed by atoms with Gasteiger partial charge in [-0.25, -0.2) is 4.39 Å². The summed E-state index contributed by atoms with van der Waals surface area (Å²) in [5, 5.41) is 0. The number of nitrogens with zero attached hydrogens (tertiary/aromatic N) is 1. The molecule has 4 nitrogen and oxygen atoms in total. The van der Waals surface area contributed by atoms with Crippen molar-refractivity contribution < 1.29 is 9.18 Å². The van der Waals surface area contributed by atoms with Crippen molar-refractivity contribution in [1.82, 2.24) is 0 Å². The fraction of sp³-hybridized carbons (Fsp3) is 0.562. The summed E-state index contributed by atoms with van der Waals surface area (Å²) in [6, 6.07) is 3.13. The van der Waals surface area contributed by atoms with Gasteiger partial charge in [0.15, 0.2) is 0 Å². The highest BCUT2D eigenvalue weighted by Crippen LogP contribution is 2.39. The number of carbonyl (C=O) groups is 1. The average Bonchev–Trinajstić information content (AvgIpc) is 3.08. The van der Waals surface area contributed by atoms with Crippen molar-refractivity contribution in [2.45, 2.75) is 44.6 Å². The minimum absolute atomic E-state index is 0.111. The van der Waals surface area contributed by atoms with Gasteiger partial charge in [0, 0.05) is 18.3 Å². The highest BCUT2D eigenvalue weighted by molar-refractivity contribution is 5.99. The molecule has 114 valence electrons. The Bertz CT molecular complexity index is 555. The van der Waals surface area contributed by atoms with Crippen molar-refractivity contribution in [3.63, 3.8) is 0 Å². The number of nitrogens with two attached hydrogens (primary N) is 2. The normalized spacial score (nSPS) is 22.9. The van der Waals surface area contributed by atoms with E-state index in [-0.39, 0.29) is 17.1 Å². The largest absolute Gasteiger partial charge is 0.398 e. The van der Waals surface area contributed by atoms with E-state index in [1.807, 2.05) is 0 Å². The van der Waals surface area contributed by atoms with Gasteiger partial charge in [-0.3, -0.25) is 4.79 Å². The molecule has 0 radical (unpaired) electrons. The van der Waals surface area contributed by atoms with Crippen LogP contribution < -0.4 is 16.4 Å². The molecule has 21 heavy (non-hydrogen) atoms. The van der Waals surface area contributed by atoms with E-state index in [1.54, 1.807) is 0 Å². The second kappa shape index (κ2) is 5.54. The van der Waals surface area contributed by atoms with Crippen molar-refractivity contribution in [2.75, 3.05) is 17.2 Å². The fourth-order valence-corrected chi connectivity index (χ4v) is 3.93. The van der Waals surface area contributed by atoms with Gasteiger partial charge in [-0.1, -0.05) is 12.8 Å². The zero-order valence-corrected chi connectivity index (χ0v) is 12.1. The number of rotatable bonds is 3. The van der Waals surface area contributed by atoms with E-state index in [0.29, 0.717) is 17.6 Å². The first kappa shape index (κ1) is 14.2. The number of hydrogen-bond acceptors (Lipinski definition) is 3. The van der Waals surface area contributed by atoms with Crippen LogP contribution in [0.1, 0.15) is 48.9 Å². The Morgan fingerprint density at radius 3 is 2.57 bits per heavy atom. The summed E-state index contributed by atoms with van der Waals surface area (Å²) in [6.45, 7) is 0.834. The summed E-state index contributed by atoms with van der Waals surface area (Å²) >= 11 is 0. The van der Waals surface area contributed by atoms with Gasteiger partial charge in [-0.05, 0) is 43.7 Å². The van der Waals surface area contributed by atoms with Gasteiger partial charge in [0.1, 0.15) is 5.82 Å². The lowest BCUT2D eigenvalue weighted by molar-refractivity contribution is 0.100. The van der Waals surface area contributed by atoms with E-state index in [0.717, 1.165) is 19.4 Å². The standard InChI is InChI=1S/C16H22FN3O/c17-12-9-13(18)11(16(19)21)8-15(12)20-7-3-6-14(20)10-4-1-2-5-10/h8-10,14H,1-7,18H2,(H2,19,21). The monoisotopic (exact) mass is 291 g/mol. The molecule has 2 aliphatic rings. The number of nitrogen functional groups attached to an aromatic ring is 1. The molecule has 1 aromatic rings. The number of benzene rings is 1. The number of halogens is 1.